The number of benzene rings is 2. The number of anilines is 2. The molecule has 0 spiro atoms. The van der Waals surface area contributed by atoms with E-state index in [9.17, 15) is 14.4 Å². The van der Waals surface area contributed by atoms with E-state index in [2.05, 4.69) is 28.2 Å². The van der Waals surface area contributed by atoms with E-state index in [1.807, 2.05) is 0 Å². The molecule has 2 aromatic rings. The van der Waals surface area contributed by atoms with Crippen LogP contribution in [0.4, 0.5) is 11.4 Å². The van der Waals surface area contributed by atoms with Crippen LogP contribution in [0.3, 0.4) is 0 Å². The molecule has 8 nitrogen and oxygen atoms in total. The average Bonchev–Trinajstić information content (AvgIpc) is 3.35. The highest BCUT2D eigenvalue weighted by molar-refractivity contribution is 5.98. The topological polar surface area (TPSA) is 109 Å². The van der Waals surface area contributed by atoms with Gasteiger partial charge in [0.2, 0.25) is 5.91 Å². The van der Waals surface area contributed by atoms with Crippen molar-refractivity contribution < 1.29 is 19.1 Å². The van der Waals surface area contributed by atoms with E-state index in [1.165, 1.54) is 0 Å². The predicted molar refractivity (Wildman–Crippen MR) is 129 cm³/mol. The van der Waals surface area contributed by atoms with Gasteiger partial charge in [-0.15, -0.1) is 0 Å². The van der Waals surface area contributed by atoms with Crippen LogP contribution >= 0.6 is 0 Å². The van der Waals surface area contributed by atoms with Crippen LogP contribution in [0.2, 0.25) is 0 Å². The summed E-state index contributed by atoms with van der Waals surface area (Å²) in [7, 11) is 0. The second kappa shape index (κ2) is 12.6. The van der Waals surface area contributed by atoms with Gasteiger partial charge in [-0.25, -0.2) is 0 Å². The van der Waals surface area contributed by atoms with Crippen molar-refractivity contribution in [3.8, 4) is 0 Å². The Hall–Kier alpha value is -3.39. The van der Waals surface area contributed by atoms with Crippen molar-refractivity contribution in [2.45, 2.75) is 38.7 Å². The van der Waals surface area contributed by atoms with Gasteiger partial charge < -0.3 is 26.0 Å². The van der Waals surface area contributed by atoms with Crippen molar-refractivity contribution in [3.05, 3.63) is 59.7 Å². The molecular formula is C25H32N4O4. The maximum absolute atomic E-state index is 12.4. The van der Waals surface area contributed by atoms with Crippen LogP contribution in [0, 0.1) is 0 Å². The third-order valence-corrected chi connectivity index (χ3v) is 5.34. The first-order valence-electron chi connectivity index (χ1n) is 11.5. The number of hydrogen-bond donors (Lipinski definition) is 4. The lowest BCUT2D eigenvalue weighted by atomic mass is 10.1. The fourth-order valence-electron chi connectivity index (χ4n) is 3.46. The van der Waals surface area contributed by atoms with E-state index in [1.54, 1.807) is 48.5 Å². The molecule has 4 N–H and O–H groups in total. The van der Waals surface area contributed by atoms with Crippen LogP contribution in [-0.4, -0.2) is 50.1 Å². The minimum Gasteiger partial charge on any atom is -0.376 e. The normalized spacial score (nSPS) is 15.0. The summed E-state index contributed by atoms with van der Waals surface area (Å²) in [5.41, 5.74) is 2.34. The van der Waals surface area contributed by atoms with Gasteiger partial charge in [0.25, 0.3) is 11.8 Å². The third-order valence-electron chi connectivity index (χ3n) is 5.34. The highest BCUT2D eigenvalue weighted by Crippen LogP contribution is 2.14. The van der Waals surface area contributed by atoms with Crippen LogP contribution in [-0.2, 0) is 9.53 Å². The van der Waals surface area contributed by atoms with Crippen molar-refractivity contribution >= 4 is 29.1 Å². The van der Waals surface area contributed by atoms with E-state index in [4.69, 9.17) is 4.74 Å². The Balaban J connectivity index is 1.44. The Morgan fingerprint density at radius 2 is 1.76 bits per heavy atom. The minimum absolute atomic E-state index is 0.0531. The Morgan fingerprint density at radius 1 is 0.970 bits per heavy atom. The van der Waals surface area contributed by atoms with E-state index in [-0.39, 0.29) is 30.4 Å². The largest absolute Gasteiger partial charge is 0.376 e. The van der Waals surface area contributed by atoms with Gasteiger partial charge in [-0.05, 0) is 61.7 Å². The van der Waals surface area contributed by atoms with E-state index in [0.717, 1.165) is 38.0 Å². The molecule has 1 aliphatic rings. The van der Waals surface area contributed by atoms with Crippen LogP contribution in [0.15, 0.2) is 48.5 Å². The Labute approximate surface area is 194 Å². The second-order valence-corrected chi connectivity index (χ2v) is 8.01. The lowest BCUT2D eigenvalue weighted by Crippen LogP contribution is -2.31. The lowest BCUT2D eigenvalue weighted by molar-refractivity contribution is -0.114. The molecule has 1 fully saturated rings. The summed E-state index contributed by atoms with van der Waals surface area (Å²) in [5, 5.41) is 11.6. The number of rotatable bonds is 11. The van der Waals surface area contributed by atoms with Gasteiger partial charge >= 0.3 is 0 Å². The number of hydrogen-bond acceptors (Lipinski definition) is 5. The fourth-order valence-corrected chi connectivity index (χ4v) is 3.46. The maximum atomic E-state index is 12.4. The number of nitrogens with one attached hydrogen (secondary N) is 4. The molecule has 0 bridgehead atoms. The summed E-state index contributed by atoms with van der Waals surface area (Å²) in [6.45, 7) is 4.02. The molecule has 0 saturated carbocycles. The highest BCUT2D eigenvalue weighted by atomic mass is 16.5. The Kier molecular flexibility index (Phi) is 9.26. The first-order chi connectivity index (χ1) is 16.0. The monoisotopic (exact) mass is 452 g/mol. The molecule has 3 rings (SSSR count). The first-order valence-corrected chi connectivity index (χ1v) is 11.5. The molecule has 3 amide bonds. The van der Waals surface area contributed by atoms with Gasteiger partial charge in [0.15, 0.2) is 0 Å². The first kappa shape index (κ1) is 24.3. The van der Waals surface area contributed by atoms with Gasteiger partial charge in [-0.3, -0.25) is 14.4 Å². The van der Waals surface area contributed by atoms with Gasteiger partial charge in [-0.1, -0.05) is 19.4 Å². The summed E-state index contributed by atoms with van der Waals surface area (Å²) in [5.74, 6) is -0.542. The average molecular weight is 453 g/mol. The highest BCUT2D eigenvalue weighted by Gasteiger charge is 2.17. The zero-order valence-corrected chi connectivity index (χ0v) is 19.0. The standard InChI is InChI=1S/C25H32N4O4/c1-2-3-13-26-24(31)18-9-11-20(12-10-18)27-17-23(30)29-21-7-4-6-19(15-21)25(32)28-16-22-8-5-14-33-22/h4,6-7,9-12,15,22,27H,2-3,5,8,13-14,16-17H2,1H3,(H,26,31)(H,28,32)(H,29,30). The molecule has 1 unspecified atom stereocenters. The minimum atomic E-state index is -0.242. The summed E-state index contributed by atoms with van der Waals surface area (Å²) in [6, 6.07) is 13.8. The number of amides is 3. The van der Waals surface area contributed by atoms with Crippen LogP contribution < -0.4 is 21.3 Å². The van der Waals surface area contributed by atoms with Crippen molar-refractivity contribution in [3.63, 3.8) is 0 Å². The maximum Gasteiger partial charge on any atom is 0.251 e. The van der Waals surface area contributed by atoms with E-state index in [0.29, 0.717) is 29.9 Å². The molecule has 1 heterocycles. The van der Waals surface area contributed by atoms with Gasteiger partial charge in [-0.2, -0.15) is 0 Å². The Bertz CT molecular complexity index is 940. The molecule has 1 aliphatic heterocycles. The number of carbonyl (C=O) groups excluding carboxylic acids is 3. The smallest absolute Gasteiger partial charge is 0.251 e. The van der Waals surface area contributed by atoms with Gasteiger partial charge in [0.1, 0.15) is 0 Å². The van der Waals surface area contributed by atoms with Crippen LogP contribution in [0.1, 0.15) is 53.3 Å². The van der Waals surface area contributed by atoms with Gasteiger partial charge in [0.05, 0.1) is 12.6 Å². The quantitative estimate of drug-likeness (QED) is 0.392. The third kappa shape index (κ3) is 7.91. The molecule has 1 saturated heterocycles. The Morgan fingerprint density at radius 3 is 2.48 bits per heavy atom. The number of unbranched alkanes of at least 4 members (excludes halogenated alkanes) is 1. The second-order valence-electron chi connectivity index (χ2n) is 8.01. The molecule has 8 heteroatoms. The predicted octanol–water partition coefficient (Wildman–Crippen LogP) is 3.18. The number of carbonyl (C=O) groups is 3. The molecule has 33 heavy (non-hydrogen) atoms. The molecule has 0 radical (unpaired) electrons. The van der Waals surface area contributed by atoms with Gasteiger partial charge in [0, 0.05) is 42.2 Å². The number of ether oxygens (including phenoxy) is 1. The lowest BCUT2D eigenvalue weighted by Gasteiger charge is -2.12. The van der Waals surface area contributed by atoms with Crippen LogP contribution in [0.5, 0.6) is 0 Å². The van der Waals surface area contributed by atoms with E-state index < -0.39 is 0 Å². The zero-order chi connectivity index (χ0) is 23.5. The van der Waals surface area contributed by atoms with Crippen molar-refractivity contribution in [1.82, 2.24) is 10.6 Å². The summed E-state index contributed by atoms with van der Waals surface area (Å²) in [6.07, 6.45) is 4.03. The molecule has 0 aliphatic carbocycles. The van der Waals surface area contributed by atoms with Crippen molar-refractivity contribution in [2.24, 2.45) is 0 Å². The zero-order valence-electron chi connectivity index (χ0n) is 19.0. The van der Waals surface area contributed by atoms with Crippen molar-refractivity contribution in [1.29, 1.82) is 0 Å². The van der Waals surface area contributed by atoms with E-state index >= 15 is 0 Å². The van der Waals surface area contributed by atoms with Crippen molar-refractivity contribution in [2.75, 3.05) is 36.9 Å². The SMILES string of the molecule is CCCCNC(=O)c1ccc(NCC(=O)Nc2cccc(C(=O)NCC3CCCO3)c2)cc1. The molecule has 1 atom stereocenters. The molecule has 2 aromatic carbocycles. The summed E-state index contributed by atoms with van der Waals surface area (Å²) in [4.78, 5) is 36.8. The fraction of sp³-hybridized carbons (Fsp3) is 0.400. The summed E-state index contributed by atoms with van der Waals surface area (Å²) < 4.78 is 5.52. The molecular weight excluding hydrogens is 420 g/mol. The molecule has 176 valence electrons. The summed E-state index contributed by atoms with van der Waals surface area (Å²) >= 11 is 0. The van der Waals surface area contributed by atoms with Crippen LogP contribution in [0.25, 0.3) is 0 Å². The molecule has 0 aromatic heterocycles.